The number of allylic oxidation sites excluding steroid dienone is 6. The molecule has 71 heavy (non-hydrogen) atoms. The Morgan fingerprint density at radius 2 is 0.507 bits per heavy atom. The summed E-state index contributed by atoms with van der Waals surface area (Å²) in [6.07, 6.45) is 72.8. The van der Waals surface area contributed by atoms with Crippen LogP contribution in [0.25, 0.3) is 0 Å². The summed E-state index contributed by atoms with van der Waals surface area (Å²) in [7, 11) is 0. The van der Waals surface area contributed by atoms with E-state index in [9.17, 15) is 14.4 Å². The average Bonchev–Trinajstić information content (AvgIpc) is 3.37. The van der Waals surface area contributed by atoms with Crippen molar-refractivity contribution in [3.8, 4) is 0 Å². The number of unbranched alkanes of at least 4 members (excludes halogenated alkanes) is 41. The van der Waals surface area contributed by atoms with E-state index in [0.29, 0.717) is 19.3 Å². The molecule has 0 fully saturated rings. The van der Waals surface area contributed by atoms with Crippen LogP contribution in [-0.2, 0) is 28.6 Å². The van der Waals surface area contributed by atoms with Crippen molar-refractivity contribution in [1.82, 2.24) is 0 Å². The van der Waals surface area contributed by atoms with Gasteiger partial charge in [-0.2, -0.15) is 0 Å². The van der Waals surface area contributed by atoms with Crippen molar-refractivity contribution in [2.24, 2.45) is 0 Å². The van der Waals surface area contributed by atoms with Gasteiger partial charge < -0.3 is 14.2 Å². The fraction of sp³-hybridized carbons (Fsp3) is 0.862. The summed E-state index contributed by atoms with van der Waals surface area (Å²) in [6, 6.07) is 0. The summed E-state index contributed by atoms with van der Waals surface area (Å²) in [4.78, 5) is 38.3. The maximum absolute atomic E-state index is 12.9. The van der Waals surface area contributed by atoms with Gasteiger partial charge in [-0.25, -0.2) is 0 Å². The summed E-state index contributed by atoms with van der Waals surface area (Å²) < 4.78 is 16.9. The molecule has 0 spiro atoms. The molecule has 0 rings (SSSR count). The Labute approximate surface area is 442 Å². The number of ether oxygens (including phenoxy) is 3. The molecule has 0 aliphatic rings. The van der Waals surface area contributed by atoms with Gasteiger partial charge in [0.1, 0.15) is 13.2 Å². The summed E-state index contributed by atoms with van der Waals surface area (Å²) in [5.74, 6) is -0.871. The Morgan fingerprint density at radius 3 is 0.803 bits per heavy atom. The minimum atomic E-state index is -0.778. The zero-order valence-corrected chi connectivity index (χ0v) is 47.8. The highest BCUT2D eigenvalue weighted by Gasteiger charge is 2.19. The van der Waals surface area contributed by atoms with Crippen molar-refractivity contribution in [2.45, 2.75) is 348 Å². The standard InChI is InChI=1S/C65H120O6/c1-4-7-10-13-16-19-22-25-28-31-32-33-35-37-40-43-46-49-52-55-58-64(67)70-61-62(60-69-63(66)57-54-51-48-45-42-39-36-30-27-24-21-18-15-12-9-6-3)71-65(68)59-56-53-50-47-44-41-38-34-29-26-23-20-17-14-11-8-5-2/h21,24,26,29-30,36,62H,4-20,22-23,25,27-28,31-35,37-61H2,1-3H3/b24-21-,29-26-,36-30-. The van der Waals surface area contributed by atoms with E-state index in [2.05, 4.69) is 57.2 Å². The Kier molecular flexibility index (Phi) is 58.2. The first kappa shape index (κ1) is 68.6. The van der Waals surface area contributed by atoms with Gasteiger partial charge in [-0.05, 0) is 77.0 Å². The molecule has 416 valence electrons. The van der Waals surface area contributed by atoms with Gasteiger partial charge in [0.2, 0.25) is 0 Å². The third-order valence-electron chi connectivity index (χ3n) is 14.1. The summed E-state index contributed by atoms with van der Waals surface area (Å²) in [5, 5.41) is 0. The number of esters is 3. The lowest BCUT2D eigenvalue weighted by atomic mass is 10.0. The van der Waals surface area contributed by atoms with E-state index in [0.717, 1.165) is 77.0 Å². The molecule has 0 bridgehead atoms. The van der Waals surface area contributed by atoms with Crippen LogP contribution in [0.4, 0.5) is 0 Å². The summed E-state index contributed by atoms with van der Waals surface area (Å²) in [6.45, 7) is 6.66. The van der Waals surface area contributed by atoms with E-state index in [1.165, 1.54) is 225 Å². The Morgan fingerprint density at radius 1 is 0.282 bits per heavy atom. The molecule has 0 radical (unpaired) electrons. The minimum absolute atomic E-state index is 0.0743. The molecule has 0 aliphatic heterocycles. The van der Waals surface area contributed by atoms with Crippen LogP contribution in [0.1, 0.15) is 342 Å². The lowest BCUT2D eigenvalue weighted by Gasteiger charge is -2.18. The first-order valence-corrected chi connectivity index (χ1v) is 31.5. The highest BCUT2D eigenvalue weighted by Crippen LogP contribution is 2.17. The molecular weight excluding hydrogens is 877 g/mol. The number of hydrogen-bond donors (Lipinski definition) is 0. The fourth-order valence-corrected chi connectivity index (χ4v) is 9.35. The second-order valence-corrected chi connectivity index (χ2v) is 21.3. The maximum Gasteiger partial charge on any atom is 0.306 e. The molecule has 0 aromatic heterocycles. The quantitative estimate of drug-likeness (QED) is 0.0261. The molecule has 0 N–H and O–H groups in total. The number of carbonyl (C=O) groups is 3. The fourth-order valence-electron chi connectivity index (χ4n) is 9.35. The summed E-state index contributed by atoms with van der Waals surface area (Å²) >= 11 is 0. The van der Waals surface area contributed by atoms with E-state index < -0.39 is 6.10 Å². The SMILES string of the molecule is CCCCCC/C=C\C/C=C\CCCCCCCC(=O)OCC(COC(=O)CCCCCCCCCCCCCCCCCCCCCC)OC(=O)CCCCCCCCC/C=C\CCCCCCCC. The van der Waals surface area contributed by atoms with Gasteiger partial charge in [0, 0.05) is 19.3 Å². The van der Waals surface area contributed by atoms with Gasteiger partial charge in [-0.1, -0.05) is 282 Å². The predicted octanol–water partition coefficient (Wildman–Crippen LogP) is 21.2. The van der Waals surface area contributed by atoms with Crippen LogP contribution < -0.4 is 0 Å². The van der Waals surface area contributed by atoms with Crippen molar-refractivity contribution in [3.63, 3.8) is 0 Å². The van der Waals surface area contributed by atoms with Crippen LogP contribution in [0, 0.1) is 0 Å². The summed E-state index contributed by atoms with van der Waals surface area (Å²) in [5.41, 5.74) is 0. The van der Waals surface area contributed by atoms with E-state index in [1.807, 2.05) is 0 Å². The van der Waals surface area contributed by atoms with Gasteiger partial charge in [0.15, 0.2) is 6.10 Å². The first-order chi connectivity index (χ1) is 35.0. The monoisotopic (exact) mass is 997 g/mol. The Bertz CT molecular complexity index is 1190. The van der Waals surface area contributed by atoms with E-state index >= 15 is 0 Å². The molecule has 0 saturated carbocycles. The molecule has 0 aromatic carbocycles. The zero-order chi connectivity index (χ0) is 51.4. The van der Waals surface area contributed by atoms with Crippen LogP contribution >= 0.6 is 0 Å². The van der Waals surface area contributed by atoms with Crippen LogP contribution in [0.15, 0.2) is 36.5 Å². The number of rotatable bonds is 58. The molecule has 1 atom stereocenters. The number of carbonyl (C=O) groups excluding carboxylic acids is 3. The van der Waals surface area contributed by atoms with Crippen molar-refractivity contribution in [2.75, 3.05) is 13.2 Å². The first-order valence-electron chi connectivity index (χ1n) is 31.5. The van der Waals surface area contributed by atoms with E-state index in [4.69, 9.17) is 14.2 Å². The number of hydrogen-bond acceptors (Lipinski definition) is 6. The van der Waals surface area contributed by atoms with Gasteiger partial charge in [0.25, 0.3) is 0 Å². The predicted molar refractivity (Wildman–Crippen MR) is 307 cm³/mol. The zero-order valence-electron chi connectivity index (χ0n) is 47.8. The largest absolute Gasteiger partial charge is 0.462 e. The molecule has 6 nitrogen and oxygen atoms in total. The molecule has 0 amide bonds. The van der Waals surface area contributed by atoms with E-state index in [1.54, 1.807) is 0 Å². The van der Waals surface area contributed by atoms with E-state index in [-0.39, 0.29) is 31.1 Å². The molecule has 6 heteroatoms. The van der Waals surface area contributed by atoms with Gasteiger partial charge >= 0.3 is 17.9 Å². The molecular formula is C65H120O6. The highest BCUT2D eigenvalue weighted by atomic mass is 16.6. The highest BCUT2D eigenvalue weighted by molar-refractivity contribution is 5.71. The normalized spacial score (nSPS) is 12.2. The van der Waals surface area contributed by atoms with Crippen molar-refractivity contribution in [3.05, 3.63) is 36.5 Å². The van der Waals surface area contributed by atoms with Gasteiger partial charge in [-0.15, -0.1) is 0 Å². The Balaban J connectivity index is 4.34. The van der Waals surface area contributed by atoms with Crippen LogP contribution in [0.3, 0.4) is 0 Å². The lowest BCUT2D eigenvalue weighted by molar-refractivity contribution is -0.167. The molecule has 0 aromatic rings. The third kappa shape index (κ3) is 58.4. The molecule has 1 unspecified atom stereocenters. The van der Waals surface area contributed by atoms with Crippen molar-refractivity contribution in [1.29, 1.82) is 0 Å². The van der Waals surface area contributed by atoms with Gasteiger partial charge in [0.05, 0.1) is 0 Å². The van der Waals surface area contributed by atoms with Gasteiger partial charge in [-0.3, -0.25) is 14.4 Å². The van der Waals surface area contributed by atoms with Crippen LogP contribution in [0.2, 0.25) is 0 Å². The smallest absolute Gasteiger partial charge is 0.306 e. The lowest BCUT2D eigenvalue weighted by Crippen LogP contribution is -2.30. The minimum Gasteiger partial charge on any atom is -0.462 e. The van der Waals surface area contributed by atoms with Crippen molar-refractivity contribution < 1.29 is 28.6 Å². The Hall–Kier alpha value is -2.37. The second-order valence-electron chi connectivity index (χ2n) is 21.3. The van der Waals surface area contributed by atoms with Crippen LogP contribution in [0.5, 0.6) is 0 Å². The average molecular weight is 998 g/mol. The second kappa shape index (κ2) is 60.2. The van der Waals surface area contributed by atoms with Crippen LogP contribution in [-0.4, -0.2) is 37.2 Å². The topological polar surface area (TPSA) is 78.9 Å². The maximum atomic E-state index is 12.9. The van der Waals surface area contributed by atoms with Crippen molar-refractivity contribution >= 4 is 17.9 Å². The molecule has 0 heterocycles. The molecule has 0 aliphatic carbocycles. The molecule has 0 saturated heterocycles. The third-order valence-corrected chi connectivity index (χ3v) is 14.1.